The number of hydrogen-bond acceptors (Lipinski definition) is 5. The first kappa shape index (κ1) is 11.2. The molecular formula is C13H15N3O2. The molecule has 0 spiro atoms. The van der Waals surface area contributed by atoms with Crippen molar-refractivity contribution in [3.8, 4) is 17.2 Å². The fourth-order valence-electron chi connectivity index (χ4n) is 1.98. The summed E-state index contributed by atoms with van der Waals surface area (Å²) in [5.74, 6) is 2.26. The van der Waals surface area contributed by atoms with E-state index in [4.69, 9.17) is 15.0 Å². The zero-order chi connectivity index (χ0) is 12.5. The zero-order valence-corrected chi connectivity index (χ0v) is 10.2. The third kappa shape index (κ3) is 1.86. The first-order valence-electron chi connectivity index (χ1n) is 6.07. The van der Waals surface area contributed by atoms with Gasteiger partial charge in [-0.25, -0.2) is 0 Å². The Hall–Kier alpha value is -1.88. The van der Waals surface area contributed by atoms with Crippen LogP contribution in [0.1, 0.15) is 24.2 Å². The lowest BCUT2D eigenvalue weighted by Crippen LogP contribution is -2.10. The SMILES string of the molecule is CC(CN)c1noc(-c2ccc3c(c2)CCO3)n1. The van der Waals surface area contributed by atoms with Crippen LogP contribution in [0.5, 0.6) is 5.75 Å². The van der Waals surface area contributed by atoms with Crippen LogP contribution in [0.3, 0.4) is 0 Å². The van der Waals surface area contributed by atoms with E-state index in [2.05, 4.69) is 10.1 Å². The van der Waals surface area contributed by atoms with E-state index in [1.54, 1.807) is 0 Å². The van der Waals surface area contributed by atoms with E-state index in [-0.39, 0.29) is 5.92 Å². The summed E-state index contributed by atoms with van der Waals surface area (Å²) in [6, 6.07) is 5.94. The second-order valence-electron chi connectivity index (χ2n) is 4.52. The van der Waals surface area contributed by atoms with E-state index in [9.17, 15) is 0 Å². The summed E-state index contributed by atoms with van der Waals surface area (Å²) in [5.41, 5.74) is 7.71. The Morgan fingerprint density at radius 2 is 2.33 bits per heavy atom. The lowest BCUT2D eigenvalue weighted by molar-refractivity contribution is 0.357. The quantitative estimate of drug-likeness (QED) is 0.891. The molecule has 1 aromatic heterocycles. The van der Waals surface area contributed by atoms with Crippen molar-refractivity contribution in [2.45, 2.75) is 19.3 Å². The highest BCUT2D eigenvalue weighted by molar-refractivity contribution is 5.58. The van der Waals surface area contributed by atoms with E-state index in [1.165, 1.54) is 5.56 Å². The standard InChI is InChI=1S/C13H15N3O2/c1-8(7-14)12-15-13(18-16-12)10-2-3-11-9(6-10)4-5-17-11/h2-3,6,8H,4-5,7,14H2,1H3. The van der Waals surface area contributed by atoms with Crippen molar-refractivity contribution >= 4 is 0 Å². The van der Waals surface area contributed by atoms with Crippen LogP contribution < -0.4 is 10.5 Å². The molecule has 18 heavy (non-hydrogen) atoms. The van der Waals surface area contributed by atoms with Gasteiger partial charge in [-0.3, -0.25) is 0 Å². The van der Waals surface area contributed by atoms with Crippen LogP contribution in [0.2, 0.25) is 0 Å². The van der Waals surface area contributed by atoms with Gasteiger partial charge in [0.2, 0.25) is 0 Å². The molecule has 3 rings (SSSR count). The summed E-state index contributed by atoms with van der Waals surface area (Å²) in [6.45, 7) is 3.24. The van der Waals surface area contributed by atoms with Gasteiger partial charge in [0.25, 0.3) is 5.89 Å². The molecular weight excluding hydrogens is 230 g/mol. The van der Waals surface area contributed by atoms with E-state index >= 15 is 0 Å². The Kier molecular flexibility index (Phi) is 2.76. The summed E-state index contributed by atoms with van der Waals surface area (Å²) in [6.07, 6.45) is 0.934. The second kappa shape index (κ2) is 4.42. The summed E-state index contributed by atoms with van der Waals surface area (Å²) in [7, 11) is 0. The fourth-order valence-corrected chi connectivity index (χ4v) is 1.98. The molecule has 0 saturated heterocycles. The molecule has 0 bridgehead atoms. The highest BCUT2D eigenvalue weighted by Crippen LogP contribution is 2.30. The van der Waals surface area contributed by atoms with Crippen molar-refractivity contribution in [2.75, 3.05) is 13.2 Å². The fraction of sp³-hybridized carbons (Fsp3) is 0.385. The molecule has 0 aliphatic carbocycles. The molecule has 0 amide bonds. The Labute approximate surface area is 105 Å². The summed E-state index contributed by atoms with van der Waals surface area (Å²) < 4.78 is 10.7. The summed E-state index contributed by atoms with van der Waals surface area (Å²) in [5, 5.41) is 3.96. The van der Waals surface area contributed by atoms with Gasteiger partial charge in [0.05, 0.1) is 6.61 Å². The van der Waals surface area contributed by atoms with E-state index in [0.717, 1.165) is 24.3 Å². The van der Waals surface area contributed by atoms with Gasteiger partial charge in [0.15, 0.2) is 5.82 Å². The second-order valence-corrected chi connectivity index (χ2v) is 4.52. The van der Waals surface area contributed by atoms with Gasteiger partial charge in [0, 0.05) is 24.4 Å². The molecule has 2 N–H and O–H groups in total. The van der Waals surface area contributed by atoms with E-state index in [0.29, 0.717) is 18.3 Å². The van der Waals surface area contributed by atoms with Gasteiger partial charge >= 0.3 is 0 Å². The minimum absolute atomic E-state index is 0.111. The maximum atomic E-state index is 5.59. The van der Waals surface area contributed by atoms with Gasteiger partial charge in [-0.2, -0.15) is 4.98 Å². The number of rotatable bonds is 3. The van der Waals surface area contributed by atoms with Gasteiger partial charge in [0.1, 0.15) is 5.75 Å². The number of ether oxygens (including phenoxy) is 1. The highest BCUT2D eigenvalue weighted by atomic mass is 16.5. The Morgan fingerprint density at radius 3 is 3.17 bits per heavy atom. The number of nitrogens with two attached hydrogens (primary N) is 1. The molecule has 0 saturated carbocycles. The molecule has 5 heteroatoms. The van der Waals surface area contributed by atoms with Crippen molar-refractivity contribution < 1.29 is 9.26 Å². The molecule has 1 aliphatic heterocycles. The minimum atomic E-state index is 0.111. The number of hydrogen-bond donors (Lipinski definition) is 1. The lowest BCUT2D eigenvalue weighted by atomic mass is 10.1. The Morgan fingerprint density at radius 1 is 1.44 bits per heavy atom. The molecule has 1 aromatic carbocycles. The number of fused-ring (bicyclic) bond motifs is 1. The average molecular weight is 245 g/mol. The van der Waals surface area contributed by atoms with Crippen molar-refractivity contribution in [1.29, 1.82) is 0 Å². The largest absolute Gasteiger partial charge is 0.493 e. The molecule has 0 radical (unpaired) electrons. The maximum Gasteiger partial charge on any atom is 0.257 e. The van der Waals surface area contributed by atoms with Gasteiger partial charge in [-0.15, -0.1) is 0 Å². The first-order valence-corrected chi connectivity index (χ1v) is 6.07. The van der Waals surface area contributed by atoms with Crippen LogP contribution in [0.25, 0.3) is 11.5 Å². The van der Waals surface area contributed by atoms with E-state index < -0.39 is 0 Å². The summed E-state index contributed by atoms with van der Waals surface area (Å²) >= 11 is 0. The van der Waals surface area contributed by atoms with Crippen molar-refractivity contribution in [3.63, 3.8) is 0 Å². The topological polar surface area (TPSA) is 74.2 Å². The number of benzene rings is 1. The van der Waals surface area contributed by atoms with Gasteiger partial charge in [-0.1, -0.05) is 12.1 Å². The highest BCUT2D eigenvalue weighted by Gasteiger charge is 2.17. The maximum absolute atomic E-state index is 5.59. The van der Waals surface area contributed by atoms with Crippen molar-refractivity contribution in [2.24, 2.45) is 5.73 Å². The van der Waals surface area contributed by atoms with Crippen LogP contribution in [0.15, 0.2) is 22.7 Å². The van der Waals surface area contributed by atoms with Crippen LogP contribution >= 0.6 is 0 Å². The predicted molar refractivity (Wildman–Crippen MR) is 66.4 cm³/mol. The number of aromatic nitrogens is 2. The molecule has 2 heterocycles. The summed E-state index contributed by atoms with van der Waals surface area (Å²) in [4.78, 5) is 4.38. The monoisotopic (exact) mass is 245 g/mol. The molecule has 0 fully saturated rings. The van der Waals surface area contributed by atoms with E-state index in [1.807, 2.05) is 25.1 Å². The molecule has 1 unspecified atom stereocenters. The smallest absolute Gasteiger partial charge is 0.257 e. The van der Waals surface area contributed by atoms with Crippen molar-refractivity contribution in [1.82, 2.24) is 10.1 Å². The predicted octanol–water partition coefficient (Wildman–Crippen LogP) is 1.73. The van der Waals surface area contributed by atoms with Crippen LogP contribution in [0, 0.1) is 0 Å². The van der Waals surface area contributed by atoms with Gasteiger partial charge < -0.3 is 15.0 Å². The van der Waals surface area contributed by atoms with Crippen molar-refractivity contribution in [3.05, 3.63) is 29.6 Å². The van der Waals surface area contributed by atoms with Crippen LogP contribution in [-0.4, -0.2) is 23.3 Å². The van der Waals surface area contributed by atoms with Crippen LogP contribution in [0.4, 0.5) is 0 Å². The average Bonchev–Trinajstić information content (AvgIpc) is 3.05. The molecule has 5 nitrogen and oxygen atoms in total. The molecule has 1 atom stereocenters. The Balaban J connectivity index is 1.92. The van der Waals surface area contributed by atoms with Crippen LogP contribution in [-0.2, 0) is 6.42 Å². The third-order valence-corrected chi connectivity index (χ3v) is 3.17. The molecule has 94 valence electrons. The first-order chi connectivity index (χ1) is 8.78. The zero-order valence-electron chi connectivity index (χ0n) is 10.2. The Bertz CT molecular complexity index is 565. The molecule has 1 aliphatic rings. The number of nitrogens with zero attached hydrogens (tertiary/aromatic N) is 2. The molecule has 2 aromatic rings. The van der Waals surface area contributed by atoms with Gasteiger partial charge in [-0.05, 0) is 23.8 Å². The normalized spacial score (nSPS) is 15.2. The minimum Gasteiger partial charge on any atom is -0.493 e. The lowest BCUT2D eigenvalue weighted by Gasteiger charge is -2.00. The third-order valence-electron chi connectivity index (χ3n) is 3.17.